The Hall–Kier alpha value is -6.20. The second kappa shape index (κ2) is 12.7. The van der Waals surface area contributed by atoms with Gasteiger partial charge >= 0.3 is 0 Å². The number of allylic oxidation sites excluding steroid dienone is 4. The predicted molar refractivity (Wildman–Crippen MR) is 227 cm³/mol. The van der Waals surface area contributed by atoms with Crippen LogP contribution in [0, 0.1) is 0 Å². The highest BCUT2D eigenvalue weighted by atomic mass is 32.1. The molecule has 2 aromatic heterocycles. The minimum Gasteiger partial charge on any atom is -0.455 e. The normalized spacial score (nSPS) is 18.4. The molecule has 0 bridgehead atoms. The van der Waals surface area contributed by atoms with Gasteiger partial charge in [-0.2, -0.15) is 0 Å². The molecule has 0 fully saturated rings. The van der Waals surface area contributed by atoms with Crippen LogP contribution in [0.3, 0.4) is 0 Å². The summed E-state index contributed by atoms with van der Waals surface area (Å²) in [6.07, 6.45) is 5.62. The van der Waals surface area contributed by atoms with Crippen LogP contribution in [0.15, 0.2) is 180 Å². The number of furan rings is 1. The van der Waals surface area contributed by atoms with Gasteiger partial charge in [-0.15, -0.1) is 11.3 Å². The summed E-state index contributed by atoms with van der Waals surface area (Å²) in [5.74, 6) is 0.240. The van der Waals surface area contributed by atoms with Gasteiger partial charge in [0.1, 0.15) is 17.3 Å². The molecule has 0 saturated carbocycles. The van der Waals surface area contributed by atoms with Crippen molar-refractivity contribution in [3.05, 3.63) is 209 Å². The van der Waals surface area contributed by atoms with Crippen molar-refractivity contribution in [3.63, 3.8) is 0 Å². The molecular formula is C50H36N2OS. The molecule has 0 saturated heterocycles. The zero-order chi connectivity index (χ0) is 35.6. The largest absolute Gasteiger partial charge is 0.455 e. The molecule has 3 unspecified atom stereocenters. The number of rotatable bonds is 5. The molecule has 2 aliphatic rings. The number of hydrogen-bond donors (Lipinski definition) is 2. The van der Waals surface area contributed by atoms with Crippen molar-refractivity contribution in [2.45, 2.75) is 24.5 Å². The molecule has 258 valence electrons. The van der Waals surface area contributed by atoms with E-state index in [1.165, 1.54) is 59.3 Å². The lowest BCUT2D eigenvalue weighted by Crippen LogP contribution is -2.36. The fourth-order valence-corrected chi connectivity index (χ4v) is 9.98. The summed E-state index contributed by atoms with van der Waals surface area (Å²) in [6.45, 7) is 0. The van der Waals surface area contributed by atoms with Gasteiger partial charge in [0.25, 0.3) is 0 Å². The lowest BCUT2D eigenvalue weighted by atomic mass is 9.81. The van der Waals surface area contributed by atoms with Gasteiger partial charge in [-0.1, -0.05) is 164 Å². The van der Waals surface area contributed by atoms with Crippen LogP contribution in [0.4, 0.5) is 5.00 Å². The van der Waals surface area contributed by atoms with E-state index in [-0.39, 0.29) is 18.1 Å². The van der Waals surface area contributed by atoms with Crippen molar-refractivity contribution < 1.29 is 4.42 Å². The minimum absolute atomic E-state index is 0.0171. The molecular weight excluding hydrogens is 677 g/mol. The van der Waals surface area contributed by atoms with Gasteiger partial charge in [-0.05, 0) is 62.5 Å². The van der Waals surface area contributed by atoms with E-state index in [1.54, 1.807) is 0 Å². The summed E-state index contributed by atoms with van der Waals surface area (Å²) in [5, 5.41) is 15.2. The Morgan fingerprint density at radius 3 is 2.11 bits per heavy atom. The highest BCUT2D eigenvalue weighted by Crippen LogP contribution is 2.49. The van der Waals surface area contributed by atoms with E-state index in [0.717, 1.165) is 39.5 Å². The molecule has 7 aromatic carbocycles. The van der Waals surface area contributed by atoms with Gasteiger partial charge in [-0.3, -0.25) is 5.32 Å². The maximum absolute atomic E-state index is 7.25. The number of anilines is 1. The minimum atomic E-state index is -0.171. The molecule has 2 N–H and O–H groups in total. The fourth-order valence-electron chi connectivity index (χ4n) is 8.81. The van der Waals surface area contributed by atoms with Gasteiger partial charge in [0.05, 0.1) is 11.0 Å². The van der Waals surface area contributed by atoms with Crippen molar-refractivity contribution >= 4 is 70.3 Å². The third kappa shape index (κ3) is 5.13. The maximum Gasteiger partial charge on any atom is 0.143 e. The quantitative estimate of drug-likeness (QED) is 0.187. The Kier molecular flexibility index (Phi) is 7.39. The summed E-state index contributed by atoms with van der Waals surface area (Å²) in [5.41, 5.74) is 11.7. The third-order valence-corrected chi connectivity index (χ3v) is 12.4. The summed E-state index contributed by atoms with van der Waals surface area (Å²) in [6, 6.07) is 59.0. The first kappa shape index (κ1) is 31.3. The monoisotopic (exact) mass is 712 g/mol. The number of para-hydroxylation sites is 1. The van der Waals surface area contributed by atoms with Crippen LogP contribution in [0.2, 0.25) is 0 Å². The highest BCUT2D eigenvalue weighted by molar-refractivity contribution is 7.23. The topological polar surface area (TPSA) is 37.2 Å². The lowest BCUT2D eigenvalue weighted by Gasteiger charge is -2.33. The van der Waals surface area contributed by atoms with Gasteiger partial charge in [-0.25, -0.2) is 0 Å². The number of fused-ring (bicyclic) bond motifs is 8. The van der Waals surface area contributed by atoms with Crippen molar-refractivity contribution in [2.75, 3.05) is 5.32 Å². The van der Waals surface area contributed by atoms with E-state index in [2.05, 4.69) is 187 Å². The Morgan fingerprint density at radius 2 is 1.30 bits per heavy atom. The van der Waals surface area contributed by atoms with Crippen LogP contribution in [0.5, 0.6) is 0 Å². The van der Waals surface area contributed by atoms with E-state index < -0.39 is 0 Å². The first-order chi connectivity index (χ1) is 26.8. The van der Waals surface area contributed by atoms with Crippen LogP contribution in [0.25, 0.3) is 53.9 Å². The highest BCUT2D eigenvalue weighted by Gasteiger charge is 2.33. The molecule has 4 heteroatoms. The molecule has 0 spiro atoms. The third-order valence-electron chi connectivity index (χ3n) is 11.3. The van der Waals surface area contributed by atoms with Gasteiger partial charge in [0, 0.05) is 38.1 Å². The van der Waals surface area contributed by atoms with Crippen LogP contribution >= 0.6 is 11.3 Å². The molecule has 54 heavy (non-hydrogen) atoms. The first-order valence-electron chi connectivity index (χ1n) is 18.8. The first-order valence-corrected chi connectivity index (χ1v) is 19.6. The molecule has 1 aliphatic heterocycles. The van der Waals surface area contributed by atoms with E-state index in [0.29, 0.717) is 0 Å². The number of thiophene rings is 1. The Labute approximate surface area is 317 Å². The van der Waals surface area contributed by atoms with Crippen molar-refractivity contribution in [1.82, 2.24) is 5.32 Å². The molecule has 0 amide bonds. The molecule has 3 atom stereocenters. The van der Waals surface area contributed by atoms with Crippen LogP contribution in [0.1, 0.15) is 57.9 Å². The van der Waals surface area contributed by atoms with Crippen LogP contribution in [-0.2, 0) is 0 Å². The van der Waals surface area contributed by atoms with E-state index in [1.807, 2.05) is 11.3 Å². The van der Waals surface area contributed by atoms with E-state index in [4.69, 9.17) is 4.42 Å². The fraction of sp³-hybridized carbons (Fsp3) is 0.0800. The molecule has 3 heterocycles. The summed E-state index contributed by atoms with van der Waals surface area (Å²) < 4.78 is 8.54. The number of hydrogen-bond acceptors (Lipinski definition) is 4. The Balaban J connectivity index is 1.12. The second-order valence-corrected chi connectivity index (χ2v) is 15.5. The second-order valence-electron chi connectivity index (χ2n) is 14.5. The predicted octanol–water partition coefficient (Wildman–Crippen LogP) is 13.4. The molecule has 3 nitrogen and oxygen atoms in total. The SMILES string of the molecule is C1=C(c2ccccc2)CC(c2ccccc2)C=C1c1cc2ccccc2c2c1oc1c(C3Nc4sc5ccccc5c4C(c4ccccc4)N3)cccc12. The molecule has 0 radical (unpaired) electrons. The van der Waals surface area contributed by atoms with Crippen molar-refractivity contribution in [3.8, 4) is 0 Å². The zero-order valence-corrected chi connectivity index (χ0v) is 30.3. The Bertz CT molecular complexity index is 2920. The average molecular weight is 713 g/mol. The van der Waals surface area contributed by atoms with Gasteiger partial charge in [0.15, 0.2) is 0 Å². The van der Waals surface area contributed by atoms with Crippen LogP contribution in [-0.4, -0.2) is 0 Å². The molecule has 9 aromatic rings. The average Bonchev–Trinajstić information content (AvgIpc) is 3.83. The van der Waals surface area contributed by atoms with Crippen molar-refractivity contribution in [1.29, 1.82) is 0 Å². The molecule has 1 aliphatic carbocycles. The number of benzene rings is 7. The summed E-state index contributed by atoms with van der Waals surface area (Å²) >= 11 is 1.83. The zero-order valence-electron chi connectivity index (χ0n) is 29.5. The van der Waals surface area contributed by atoms with E-state index in [9.17, 15) is 0 Å². The standard InChI is InChI=1S/C50H36N2OS/c1-4-15-31(16-5-1)35-27-36(32-17-6-2-7-18-32)29-37(28-35)42-30-34-21-10-11-22-38(34)44-40-24-14-25-41(47(40)53-48(42)44)49-51-46(33-19-8-3-9-20-33)45-39-23-12-13-26-43(39)54-50(45)52-49/h1-26,28-30,35,46,49,51-52H,27H2. The smallest absolute Gasteiger partial charge is 0.143 e. The van der Waals surface area contributed by atoms with Crippen LogP contribution < -0.4 is 10.6 Å². The van der Waals surface area contributed by atoms with Crippen molar-refractivity contribution in [2.24, 2.45) is 0 Å². The molecule has 11 rings (SSSR count). The van der Waals surface area contributed by atoms with E-state index >= 15 is 0 Å². The lowest BCUT2D eigenvalue weighted by molar-refractivity contribution is 0.508. The van der Waals surface area contributed by atoms with Gasteiger partial charge in [0.2, 0.25) is 0 Å². The Morgan fingerprint density at radius 1 is 0.611 bits per heavy atom. The van der Waals surface area contributed by atoms with Gasteiger partial charge < -0.3 is 9.73 Å². The number of nitrogens with one attached hydrogen (secondary N) is 2. The summed E-state index contributed by atoms with van der Waals surface area (Å²) in [4.78, 5) is 0. The maximum atomic E-state index is 7.25. The summed E-state index contributed by atoms with van der Waals surface area (Å²) in [7, 11) is 0.